The van der Waals surface area contributed by atoms with E-state index in [2.05, 4.69) is 10.6 Å². The normalized spacial score (nSPS) is 19.4. The molecule has 0 aromatic heterocycles. The number of anilines is 1. The number of hydrogen-bond acceptors (Lipinski definition) is 3. The lowest BCUT2D eigenvalue weighted by Gasteiger charge is -2.22. The van der Waals surface area contributed by atoms with Crippen LogP contribution in [0, 0.1) is 0 Å². The van der Waals surface area contributed by atoms with Gasteiger partial charge in [0, 0.05) is 11.3 Å². The maximum absolute atomic E-state index is 13.3. The number of carbonyl (C=O) groups is 3. The number of aryl methyl sites for hydroxylation is 1. The number of urea groups is 1. The molecule has 3 aromatic rings. The number of hydrogen-bond donors (Lipinski definition) is 2. The summed E-state index contributed by atoms with van der Waals surface area (Å²) in [5.74, 6) is -0.428. The minimum atomic E-state index is -0.955. The SMILES string of the molecule is O=C(Nc1ccccc1)c1ccc(CN2C(=O)NC3(CCc4ccccc43)C2=O)cc1. The molecule has 1 heterocycles. The molecule has 1 saturated heterocycles. The van der Waals surface area contributed by atoms with E-state index in [0.717, 1.165) is 28.8 Å². The second-order valence-corrected chi connectivity index (χ2v) is 7.90. The van der Waals surface area contributed by atoms with Gasteiger partial charge in [0.05, 0.1) is 6.54 Å². The van der Waals surface area contributed by atoms with E-state index < -0.39 is 5.54 Å². The highest BCUT2D eigenvalue weighted by molar-refractivity contribution is 6.08. The standard InChI is InChI=1S/C25H21N3O3/c29-22(26-20-7-2-1-3-8-20)19-12-10-17(11-13-19)16-28-23(30)25(27-24(28)31)15-14-18-6-4-5-9-21(18)25/h1-13H,14-16H2,(H,26,29)(H,27,31). The quantitative estimate of drug-likeness (QED) is 0.641. The third-order valence-electron chi connectivity index (χ3n) is 6.01. The summed E-state index contributed by atoms with van der Waals surface area (Å²) in [6.07, 6.45) is 1.34. The van der Waals surface area contributed by atoms with Crippen LogP contribution in [0.15, 0.2) is 78.9 Å². The van der Waals surface area contributed by atoms with Crippen molar-refractivity contribution >= 4 is 23.5 Å². The Bertz CT molecular complexity index is 1170. The van der Waals surface area contributed by atoms with E-state index in [1.165, 1.54) is 4.90 Å². The molecule has 4 amide bonds. The first-order valence-corrected chi connectivity index (χ1v) is 10.2. The number of imide groups is 1. The molecule has 3 aromatic carbocycles. The lowest BCUT2D eigenvalue weighted by molar-refractivity contribution is -0.132. The van der Waals surface area contributed by atoms with Crippen molar-refractivity contribution in [1.29, 1.82) is 0 Å². The second kappa shape index (κ2) is 7.40. The molecule has 6 heteroatoms. The lowest BCUT2D eigenvalue weighted by atomic mass is 9.92. The average molecular weight is 411 g/mol. The molecule has 2 N–H and O–H groups in total. The molecular formula is C25H21N3O3. The fourth-order valence-electron chi connectivity index (χ4n) is 4.40. The Balaban J connectivity index is 1.31. The van der Waals surface area contributed by atoms with Crippen molar-refractivity contribution in [2.45, 2.75) is 24.9 Å². The van der Waals surface area contributed by atoms with Crippen LogP contribution in [0.5, 0.6) is 0 Å². The van der Waals surface area contributed by atoms with E-state index in [9.17, 15) is 14.4 Å². The van der Waals surface area contributed by atoms with E-state index in [4.69, 9.17) is 0 Å². The number of rotatable bonds is 4. The first kappa shape index (κ1) is 19.1. The van der Waals surface area contributed by atoms with Crippen LogP contribution in [0.1, 0.15) is 33.5 Å². The van der Waals surface area contributed by atoms with Gasteiger partial charge >= 0.3 is 6.03 Å². The summed E-state index contributed by atoms with van der Waals surface area (Å²) >= 11 is 0. The predicted octanol–water partition coefficient (Wildman–Crippen LogP) is 3.83. The molecule has 154 valence electrons. The molecule has 2 aliphatic rings. The van der Waals surface area contributed by atoms with Crippen molar-refractivity contribution in [2.24, 2.45) is 0 Å². The predicted molar refractivity (Wildman–Crippen MR) is 116 cm³/mol. The maximum Gasteiger partial charge on any atom is 0.325 e. The summed E-state index contributed by atoms with van der Waals surface area (Å²) in [6, 6.07) is 23.6. The van der Waals surface area contributed by atoms with Crippen molar-refractivity contribution in [1.82, 2.24) is 10.2 Å². The number of amides is 4. The largest absolute Gasteiger partial charge is 0.325 e. The molecule has 0 radical (unpaired) electrons. The summed E-state index contributed by atoms with van der Waals surface area (Å²) < 4.78 is 0. The van der Waals surface area contributed by atoms with Gasteiger partial charge in [0.15, 0.2) is 0 Å². The van der Waals surface area contributed by atoms with Gasteiger partial charge in [0.1, 0.15) is 5.54 Å². The monoisotopic (exact) mass is 411 g/mol. The average Bonchev–Trinajstić information content (AvgIpc) is 3.28. The number of nitrogens with zero attached hydrogens (tertiary/aromatic N) is 1. The number of nitrogens with one attached hydrogen (secondary N) is 2. The van der Waals surface area contributed by atoms with Crippen LogP contribution >= 0.6 is 0 Å². The molecular weight excluding hydrogens is 390 g/mol. The van der Waals surface area contributed by atoms with Crippen molar-refractivity contribution in [2.75, 3.05) is 5.32 Å². The smallest absolute Gasteiger partial charge is 0.322 e. The molecule has 1 fully saturated rings. The van der Waals surface area contributed by atoms with Crippen LogP contribution in [0.2, 0.25) is 0 Å². The molecule has 1 atom stereocenters. The molecule has 5 rings (SSSR count). The van der Waals surface area contributed by atoms with Gasteiger partial charge in [-0.15, -0.1) is 0 Å². The van der Waals surface area contributed by atoms with Gasteiger partial charge in [-0.3, -0.25) is 14.5 Å². The van der Waals surface area contributed by atoms with Crippen LogP contribution in [0.4, 0.5) is 10.5 Å². The van der Waals surface area contributed by atoms with Gasteiger partial charge in [-0.25, -0.2) is 4.79 Å². The van der Waals surface area contributed by atoms with E-state index in [-0.39, 0.29) is 24.4 Å². The lowest BCUT2D eigenvalue weighted by Crippen LogP contribution is -2.41. The van der Waals surface area contributed by atoms with Gasteiger partial charge in [-0.1, -0.05) is 54.6 Å². The first-order chi connectivity index (χ1) is 15.1. The maximum atomic E-state index is 13.3. The number of carbonyl (C=O) groups excluding carboxylic acids is 3. The van der Waals surface area contributed by atoms with Crippen LogP contribution in [0.3, 0.4) is 0 Å². The Morgan fingerprint density at radius 3 is 2.42 bits per heavy atom. The summed E-state index contributed by atoms with van der Waals surface area (Å²) in [6.45, 7) is 0.162. The highest BCUT2D eigenvalue weighted by atomic mass is 16.2. The number of fused-ring (bicyclic) bond motifs is 2. The van der Waals surface area contributed by atoms with Crippen LogP contribution < -0.4 is 10.6 Å². The Kier molecular flexibility index (Phi) is 4.55. The number of benzene rings is 3. The Hall–Kier alpha value is -3.93. The van der Waals surface area contributed by atoms with Crippen molar-refractivity contribution in [3.05, 3.63) is 101 Å². The van der Waals surface area contributed by atoms with Crippen LogP contribution in [-0.2, 0) is 23.3 Å². The van der Waals surface area contributed by atoms with E-state index in [1.807, 2.05) is 54.6 Å². The molecule has 0 saturated carbocycles. The van der Waals surface area contributed by atoms with Gasteiger partial charge in [0.25, 0.3) is 11.8 Å². The topological polar surface area (TPSA) is 78.5 Å². The summed E-state index contributed by atoms with van der Waals surface area (Å²) in [7, 11) is 0. The summed E-state index contributed by atoms with van der Waals surface area (Å²) in [5.41, 5.74) is 3.05. The third kappa shape index (κ3) is 3.26. The van der Waals surface area contributed by atoms with Gasteiger partial charge in [-0.05, 0) is 53.8 Å². The highest BCUT2D eigenvalue weighted by Crippen LogP contribution is 2.41. The molecule has 0 bridgehead atoms. The molecule has 1 aliphatic carbocycles. The number of para-hydroxylation sites is 1. The first-order valence-electron chi connectivity index (χ1n) is 10.2. The fourth-order valence-corrected chi connectivity index (χ4v) is 4.40. The molecule has 1 unspecified atom stereocenters. The Labute approximate surface area is 179 Å². The molecule has 1 spiro atoms. The molecule has 6 nitrogen and oxygen atoms in total. The van der Waals surface area contributed by atoms with Crippen molar-refractivity contribution in [3.8, 4) is 0 Å². The van der Waals surface area contributed by atoms with Crippen molar-refractivity contribution in [3.63, 3.8) is 0 Å². The van der Waals surface area contributed by atoms with Gasteiger partial charge in [-0.2, -0.15) is 0 Å². The summed E-state index contributed by atoms with van der Waals surface area (Å²) in [4.78, 5) is 39.6. The Morgan fingerprint density at radius 2 is 1.65 bits per heavy atom. The Morgan fingerprint density at radius 1 is 0.935 bits per heavy atom. The van der Waals surface area contributed by atoms with E-state index in [0.29, 0.717) is 12.0 Å². The summed E-state index contributed by atoms with van der Waals surface area (Å²) in [5, 5.41) is 5.78. The fraction of sp³-hybridized carbons (Fsp3) is 0.160. The van der Waals surface area contributed by atoms with Crippen molar-refractivity contribution < 1.29 is 14.4 Å². The zero-order valence-corrected chi connectivity index (χ0v) is 16.8. The van der Waals surface area contributed by atoms with Gasteiger partial charge in [0.2, 0.25) is 0 Å². The third-order valence-corrected chi connectivity index (χ3v) is 6.01. The second-order valence-electron chi connectivity index (χ2n) is 7.90. The molecule has 1 aliphatic heterocycles. The van der Waals surface area contributed by atoms with Crippen LogP contribution in [0.25, 0.3) is 0 Å². The zero-order valence-electron chi connectivity index (χ0n) is 16.8. The van der Waals surface area contributed by atoms with E-state index in [1.54, 1.807) is 24.3 Å². The zero-order chi connectivity index (χ0) is 21.4. The minimum Gasteiger partial charge on any atom is -0.322 e. The van der Waals surface area contributed by atoms with Crippen LogP contribution in [-0.4, -0.2) is 22.7 Å². The molecule has 31 heavy (non-hydrogen) atoms. The van der Waals surface area contributed by atoms with Gasteiger partial charge < -0.3 is 10.6 Å². The van der Waals surface area contributed by atoms with E-state index >= 15 is 0 Å². The highest BCUT2D eigenvalue weighted by Gasteiger charge is 2.55. The minimum absolute atomic E-state index is 0.162.